The normalized spacial score (nSPS) is 13.0. The summed E-state index contributed by atoms with van der Waals surface area (Å²) in [4.78, 5) is 10.8. The molecule has 0 unspecified atom stereocenters. The van der Waals surface area contributed by atoms with E-state index < -0.39 is 5.68 Å². The molecule has 0 aromatic heterocycles. The Morgan fingerprint density at radius 3 is 3.00 bits per heavy atom. The Labute approximate surface area is 70.7 Å². The number of carbonyl (C=O) groups excluding carboxylic acids is 1. The molecule has 1 heterocycles. The lowest BCUT2D eigenvalue weighted by Gasteiger charge is -2.00. The van der Waals surface area contributed by atoms with Crippen LogP contribution < -0.4 is 9.47 Å². The average Bonchev–Trinajstić information content (AvgIpc) is 2.49. The van der Waals surface area contributed by atoms with E-state index in [1.165, 1.54) is 0 Å². The second-order valence-electron chi connectivity index (χ2n) is 2.40. The first-order chi connectivity index (χ1) is 5.79. The second kappa shape index (κ2) is 2.55. The van der Waals surface area contributed by atoms with Gasteiger partial charge in [0.15, 0.2) is 19.3 Å². The van der Waals surface area contributed by atoms with Crippen molar-refractivity contribution in [1.82, 2.24) is 0 Å². The summed E-state index contributed by atoms with van der Waals surface area (Å²) < 4.78 is 10.1. The maximum absolute atomic E-state index is 10.8. The van der Waals surface area contributed by atoms with Crippen molar-refractivity contribution in [3.05, 3.63) is 23.8 Å². The van der Waals surface area contributed by atoms with Gasteiger partial charge in [-0.3, -0.25) is 0 Å². The SMILES string of the molecule is [B]C(=O)c1cccc2c1OCO2. The van der Waals surface area contributed by atoms with Crippen molar-refractivity contribution in [1.29, 1.82) is 0 Å². The van der Waals surface area contributed by atoms with E-state index in [-0.39, 0.29) is 6.79 Å². The molecule has 0 saturated heterocycles. The van der Waals surface area contributed by atoms with Crippen molar-refractivity contribution in [2.75, 3.05) is 6.79 Å². The molecule has 12 heavy (non-hydrogen) atoms. The molecule has 0 N–H and O–H groups in total. The predicted molar refractivity (Wildman–Crippen MR) is 42.6 cm³/mol. The van der Waals surface area contributed by atoms with Crippen LogP contribution in [-0.4, -0.2) is 20.3 Å². The first-order valence-electron chi connectivity index (χ1n) is 3.47. The van der Waals surface area contributed by atoms with E-state index in [4.69, 9.17) is 17.3 Å². The van der Waals surface area contributed by atoms with Crippen molar-refractivity contribution in [2.45, 2.75) is 0 Å². The minimum Gasteiger partial charge on any atom is -0.454 e. The van der Waals surface area contributed by atoms with Gasteiger partial charge >= 0.3 is 0 Å². The van der Waals surface area contributed by atoms with E-state index in [1.807, 2.05) is 0 Å². The van der Waals surface area contributed by atoms with Crippen LogP contribution in [0.5, 0.6) is 11.5 Å². The van der Waals surface area contributed by atoms with Crippen LogP contribution in [-0.2, 0) is 0 Å². The highest BCUT2D eigenvalue weighted by Crippen LogP contribution is 2.34. The lowest BCUT2D eigenvalue weighted by atomic mass is 9.94. The number of rotatable bonds is 1. The van der Waals surface area contributed by atoms with E-state index in [9.17, 15) is 4.79 Å². The molecule has 0 atom stereocenters. The maximum atomic E-state index is 10.8. The largest absolute Gasteiger partial charge is 0.454 e. The van der Waals surface area contributed by atoms with Crippen LogP contribution in [0.4, 0.5) is 0 Å². The van der Waals surface area contributed by atoms with E-state index >= 15 is 0 Å². The number of para-hydroxylation sites is 1. The van der Waals surface area contributed by atoms with Crippen LogP contribution in [0.15, 0.2) is 18.2 Å². The van der Waals surface area contributed by atoms with Crippen molar-refractivity contribution in [3.8, 4) is 11.5 Å². The molecule has 0 amide bonds. The molecule has 0 saturated carbocycles. The Morgan fingerprint density at radius 2 is 2.25 bits per heavy atom. The molecular weight excluding hydrogens is 155 g/mol. The fraction of sp³-hybridized carbons (Fsp3) is 0.125. The third-order valence-electron chi connectivity index (χ3n) is 1.66. The van der Waals surface area contributed by atoms with E-state index in [1.54, 1.807) is 18.2 Å². The summed E-state index contributed by atoms with van der Waals surface area (Å²) in [6, 6.07) is 5.04. The molecule has 0 fully saturated rings. The molecule has 1 aromatic rings. The van der Waals surface area contributed by atoms with Gasteiger partial charge in [-0.2, -0.15) is 0 Å². The quantitative estimate of drug-likeness (QED) is 0.567. The molecular formula is C8H5BO3. The molecule has 2 radical (unpaired) electrons. The third kappa shape index (κ3) is 0.960. The van der Waals surface area contributed by atoms with E-state index in [0.29, 0.717) is 17.1 Å². The lowest BCUT2D eigenvalue weighted by Crippen LogP contribution is -1.99. The Morgan fingerprint density at radius 1 is 1.42 bits per heavy atom. The summed E-state index contributed by atoms with van der Waals surface area (Å²) in [6.07, 6.45) is 0. The van der Waals surface area contributed by atoms with Crippen LogP contribution >= 0.6 is 0 Å². The zero-order valence-corrected chi connectivity index (χ0v) is 6.24. The van der Waals surface area contributed by atoms with E-state index in [0.717, 1.165) is 0 Å². The molecule has 3 nitrogen and oxygen atoms in total. The molecule has 4 heteroatoms. The van der Waals surface area contributed by atoms with Crippen LogP contribution in [0, 0.1) is 0 Å². The molecule has 58 valence electrons. The minimum atomic E-state index is -0.502. The summed E-state index contributed by atoms with van der Waals surface area (Å²) in [5, 5.41) is 0. The monoisotopic (exact) mass is 160 g/mol. The van der Waals surface area contributed by atoms with Gasteiger partial charge in [-0.1, -0.05) is 6.07 Å². The molecule has 0 spiro atoms. The first kappa shape index (κ1) is 7.22. The van der Waals surface area contributed by atoms with E-state index in [2.05, 4.69) is 0 Å². The van der Waals surface area contributed by atoms with Gasteiger partial charge in [0.1, 0.15) is 5.68 Å². The summed E-state index contributed by atoms with van der Waals surface area (Å²) >= 11 is 0. The third-order valence-corrected chi connectivity index (χ3v) is 1.66. The zero-order chi connectivity index (χ0) is 8.55. The van der Waals surface area contributed by atoms with Gasteiger partial charge in [0.25, 0.3) is 0 Å². The van der Waals surface area contributed by atoms with Crippen molar-refractivity contribution >= 4 is 13.5 Å². The van der Waals surface area contributed by atoms with Crippen LogP contribution in [0.25, 0.3) is 0 Å². The number of carbonyl (C=O) groups is 1. The maximum Gasteiger partial charge on any atom is 0.231 e. The fourth-order valence-corrected chi connectivity index (χ4v) is 1.12. The Bertz CT molecular complexity index is 335. The Balaban J connectivity index is 2.56. The number of ether oxygens (including phenoxy) is 2. The molecule has 0 bridgehead atoms. The number of hydrogen-bond donors (Lipinski definition) is 0. The van der Waals surface area contributed by atoms with Gasteiger partial charge in [0, 0.05) is 0 Å². The first-order valence-corrected chi connectivity index (χ1v) is 3.47. The van der Waals surface area contributed by atoms with Crippen molar-refractivity contribution < 1.29 is 14.3 Å². The summed E-state index contributed by atoms with van der Waals surface area (Å²) in [7, 11) is 5.11. The summed E-state index contributed by atoms with van der Waals surface area (Å²) in [5.74, 6) is 1.02. The van der Waals surface area contributed by atoms with Crippen molar-refractivity contribution in [3.63, 3.8) is 0 Å². The minimum absolute atomic E-state index is 0.152. The topological polar surface area (TPSA) is 35.5 Å². The molecule has 1 aliphatic heterocycles. The number of fused-ring (bicyclic) bond motifs is 1. The predicted octanol–water partition coefficient (Wildman–Crippen LogP) is 0.724. The summed E-state index contributed by atoms with van der Waals surface area (Å²) in [6.45, 7) is 0.152. The number of hydrogen-bond acceptors (Lipinski definition) is 3. The summed E-state index contributed by atoms with van der Waals surface area (Å²) in [5.41, 5.74) is -0.137. The number of benzene rings is 1. The van der Waals surface area contributed by atoms with Gasteiger partial charge in [0.05, 0.1) is 5.56 Å². The van der Waals surface area contributed by atoms with Gasteiger partial charge in [-0.25, -0.2) is 0 Å². The van der Waals surface area contributed by atoms with Crippen LogP contribution in [0.1, 0.15) is 10.4 Å². The Kier molecular flexibility index (Phi) is 1.53. The highest BCUT2D eigenvalue weighted by Gasteiger charge is 2.18. The second-order valence-corrected chi connectivity index (χ2v) is 2.40. The van der Waals surface area contributed by atoms with Crippen LogP contribution in [0.2, 0.25) is 0 Å². The lowest BCUT2D eigenvalue weighted by molar-refractivity contribution is 0.107. The van der Waals surface area contributed by atoms with Gasteiger partial charge in [0.2, 0.25) is 6.79 Å². The Hall–Kier alpha value is -1.45. The fourth-order valence-electron chi connectivity index (χ4n) is 1.12. The van der Waals surface area contributed by atoms with Crippen LogP contribution in [0.3, 0.4) is 0 Å². The van der Waals surface area contributed by atoms with Gasteiger partial charge in [-0.15, -0.1) is 0 Å². The van der Waals surface area contributed by atoms with Crippen molar-refractivity contribution in [2.24, 2.45) is 0 Å². The van der Waals surface area contributed by atoms with Gasteiger partial charge < -0.3 is 14.3 Å². The molecule has 0 aliphatic carbocycles. The highest BCUT2D eigenvalue weighted by molar-refractivity contribution is 6.62. The van der Waals surface area contributed by atoms with Gasteiger partial charge in [-0.05, 0) is 12.1 Å². The standard InChI is InChI=1S/C8H5BO3/c9-8(10)5-2-1-3-6-7(5)12-4-11-6/h1-3H,4H2. The highest BCUT2D eigenvalue weighted by atomic mass is 16.7. The molecule has 1 aromatic carbocycles. The molecule has 1 aliphatic rings. The molecule has 2 rings (SSSR count). The average molecular weight is 160 g/mol. The zero-order valence-electron chi connectivity index (χ0n) is 6.24. The smallest absolute Gasteiger partial charge is 0.231 e.